The Morgan fingerprint density at radius 2 is 1.95 bits per heavy atom. The van der Waals surface area contributed by atoms with Crippen molar-refractivity contribution in [3.63, 3.8) is 0 Å². The van der Waals surface area contributed by atoms with E-state index in [2.05, 4.69) is 10.3 Å². The van der Waals surface area contributed by atoms with Gasteiger partial charge in [0.05, 0.1) is 16.9 Å². The van der Waals surface area contributed by atoms with Gasteiger partial charge in [-0.15, -0.1) is 0 Å². The van der Waals surface area contributed by atoms with Gasteiger partial charge in [-0.25, -0.2) is 14.2 Å². The normalized spacial score (nSPS) is 14.2. The summed E-state index contributed by atoms with van der Waals surface area (Å²) in [6, 6.07) is 6.77. The van der Waals surface area contributed by atoms with Crippen LogP contribution in [0.1, 0.15) is 54.6 Å². The van der Waals surface area contributed by atoms with Crippen LogP contribution in [0.5, 0.6) is 0 Å². The molecule has 0 bridgehead atoms. The first kappa shape index (κ1) is 24.5. The van der Waals surface area contributed by atoms with Crippen molar-refractivity contribution in [2.75, 3.05) is 18.4 Å². The molecule has 4 heterocycles. The molecule has 0 saturated carbocycles. The largest absolute Gasteiger partial charge is 0.461 e. The van der Waals surface area contributed by atoms with E-state index in [1.165, 1.54) is 6.07 Å². The van der Waals surface area contributed by atoms with Gasteiger partial charge in [0.25, 0.3) is 5.91 Å². The summed E-state index contributed by atoms with van der Waals surface area (Å²) in [6.45, 7) is 10.1. The fourth-order valence-electron chi connectivity index (χ4n) is 4.56. The van der Waals surface area contributed by atoms with Crippen molar-refractivity contribution in [3.05, 3.63) is 71.1 Å². The van der Waals surface area contributed by atoms with Gasteiger partial charge in [-0.2, -0.15) is 0 Å². The molecule has 5 rings (SSSR count). The Hall–Kier alpha value is -4.14. The minimum Gasteiger partial charge on any atom is -0.461 e. The number of nitrogens with zero attached hydrogens (tertiary/aromatic N) is 3. The van der Waals surface area contributed by atoms with E-state index in [-0.39, 0.29) is 11.7 Å². The van der Waals surface area contributed by atoms with Crippen molar-refractivity contribution in [1.29, 1.82) is 0 Å². The second kappa shape index (κ2) is 9.06. The zero-order valence-corrected chi connectivity index (χ0v) is 21.5. The van der Waals surface area contributed by atoms with Crippen LogP contribution in [0.25, 0.3) is 22.2 Å². The molecule has 1 aromatic carbocycles. The topological polar surface area (TPSA) is 89.1 Å². The van der Waals surface area contributed by atoms with Gasteiger partial charge < -0.3 is 23.8 Å². The Bertz CT molecular complexity index is 1570. The standard InChI is InChI=1S/C28H29FN4O4/c1-16-14-33-15-19(13-23(29)25(33)30-16)31-26(34)21-7-6-20(22-12-17(2)36-24(21)22)18-8-10-32(11-9-18)27(35)37-28(3,4)5/h6-8,12-15H,9-11H2,1-5H3,(H,31,34). The van der Waals surface area contributed by atoms with E-state index in [4.69, 9.17) is 9.15 Å². The summed E-state index contributed by atoms with van der Waals surface area (Å²) in [7, 11) is 0. The molecule has 3 aromatic heterocycles. The summed E-state index contributed by atoms with van der Waals surface area (Å²) < 4.78 is 27.5. The molecule has 0 unspecified atom stereocenters. The number of amides is 2. The predicted molar refractivity (Wildman–Crippen MR) is 139 cm³/mol. The highest BCUT2D eigenvalue weighted by atomic mass is 19.1. The zero-order chi connectivity index (χ0) is 26.5. The quantitative estimate of drug-likeness (QED) is 0.363. The van der Waals surface area contributed by atoms with Crippen LogP contribution in [0.4, 0.5) is 14.9 Å². The molecule has 8 nitrogen and oxygen atoms in total. The zero-order valence-electron chi connectivity index (χ0n) is 21.5. The molecular formula is C28H29FN4O4. The van der Waals surface area contributed by atoms with Gasteiger partial charge in [-0.05, 0) is 64.3 Å². The second-order valence-electron chi connectivity index (χ2n) is 10.3. The number of carbonyl (C=O) groups excluding carboxylic acids is 2. The number of anilines is 1. The summed E-state index contributed by atoms with van der Waals surface area (Å²) in [4.78, 5) is 31.5. The molecular weight excluding hydrogens is 475 g/mol. The van der Waals surface area contributed by atoms with Crippen LogP contribution < -0.4 is 5.32 Å². The lowest BCUT2D eigenvalue weighted by atomic mass is 9.94. The van der Waals surface area contributed by atoms with Gasteiger partial charge in [0.1, 0.15) is 16.9 Å². The van der Waals surface area contributed by atoms with Crippen molar-refractivity contribution in [2.24, 2.45) is 0 Å². The third-order valence-corrected chi connectivity index (χ3v) is 6.14. The van der Waals surface area contributed by atoms with Gasteiger partial charge in [0.2, 0.25) is 0 Å². The second-order valence-corrected chi connectivity index (χ2v) is 10.3. The molecule has 0 fully saturated rings. The summed E-state index contributed by atoms with van der Waals surface area (Å²) in [5, 5.41) is 3.59. The molecule has 2 amide bonds. The van der Waals surface area contributed by atoms with E-state index in [0.29, 0.717) is 47.8 Å². The molecule has 0 atom stereocenters. The number of carbonyl (C=O) groups is 2. The van der Waals surface area contributed by atoms with E-state index < -0.39 is 17.3 Å². The molecule has 0 radical (unpaired) electrons. The Morgan fingerprint density at radius 1 is 1.16 bits per heavy atom. The van der Waals surface area contributed by atoms with Crippen LogP contribution in [0.3, 0.4) is 0 Å². The number of pyridine rings is 1. The van der Waals surface area contributed by atoms with Crippen LogP contribution in [0.2, 0.25) is 0 Å². The molecule has 4 aromatic rings. The van der Waals surface area contributed by atoms with Gasteiger partial charge in [0, 0.05) is 36.9 Å². The molecule has 37 heavy (non-hydrogen) atoms. The smallest absolute Gasteiger partial charge is 0.410 e. The van der Waals surface area contributed by atoms with Gasteiger partial charge in [-0.1, -0.05) is 12.1 Å². The molecule has 1 aliphatic rings. The molecule has 0 spiro atoms. The van der Waals surface area contributed by atoms with Crippen LogP contribution in [0.15, 0.2) is 47.2 Å². The average Bonchev–Trinajstić information content (AvgIpc) is 3.39. The number of hydrogen-bond acceptors (Lipinski definition) is 5. The first-order valence-electron chi connectivity index (χ1n) is 12.2. The molecule has 9 heteroatoms. The summed E-state index contributed by atoms with van der Waals surface area (Å²) in [6.07, 6.45) is 5.64. The summed E-state index contributed by atoms with van der Waals surface area (Å²) >= 11 is 0. The monoisotopic (exact) mass is 504 g/mol. The third-order valence-electron chi connectivity index (χ3n) is 6.14. The first-order chi connectivity index (χ1) is 17.5. The lowest BCUT2D eigenvalue weighted by Crippen LogP contribution is -2.39. The number of benzene rings is 1. The van der Waals surface area contributed by atoms with Crippen LogP contribution in [-0.2, 0) is 4.74 Å². The fraction of sp³-hybridized carbons (Fsp3) is 0.321. The van der Waals surface area contributed by atoms with Crippen molar-refractivity contribution < 1.29 is 23.1 Å². The lowest BCUT2D eigenvalue weighted by Gasteiger charge is -2.29. The first-order valence-corrected chi connectivity index (χ1v) is 12.2. The number of furan rings is 1. The molecule has 1 N–H and O–H groups in total. The number of halogens is 1. The number of aryl methyl sites for hydroxylation is 2. The molecule has 192 valence electrons. The number of nitrogens with one attached hydrogen (secondary N) is 1. The Morgan fingerprint density at radius 3 is 2.65 bits per heavy atom. The Balaban J connectivity index is 1.41. The number of hydrogen-bond donors (Lipinski definition) is 1. The molecule has 0 saturated heterocycles. The maximum absolute atomic E-state index is 14.5. The average molecular weight is 505 g/mol. The van der Waals surface area contributed by atoms with Crippen molar-refractivity contribution in [2.45, 2.75) is 46.6 Å². The van der Waals surface area contributed by atoms with E-state index in [0.717, 1.165) is 16.5 Å². The number of rotatable bonds is 3. The van der Waals surface area contributed by atoms with Gasteiger partial charge in [-0.3, -0.25) is 4.79 Å². The van der Waals surface area contributed by atoms with Crippen molar-refractivity contribution in [1.82, 2.24) is 14.3 Å². The number of imidazole rings is 1. The highest BCUT2D eigenvalue weighted by molar-refractivity contribution is 6.13. The van der Waals surface area contributed by atoms with Crippen molar-refractivity contribution >= 4 is 39.9 Å². The minimum absolute atomic E-state index is 0.204. The number of aromatic nitrogens is 2. The maximum atomic E-state index is 14.5. The lowest BCUT2D eigenvalue weighted by molar-refractivity contribution is 0.0270. The highest BCUT2D eigenvalue weighted by Crippen LogP contribution is 2.34. The van der Waals surface area contributed by atoms with Gasteiger partial charge in [0.15, 0.2) is 11.5 Å². The number of ether oxygens (including phenoxy) is 1. The summed E-state index contributed by atoms with van der Waals surface area (Å²) in [5.74, 6) is -0.259. The maximum Gasteiger partial charge on any atom is 0.410 e. The van der Waals surface area contributed by atoms with E-state index in [1.54, 1.807) is 34.7 Å². The fourth-order valence-corrected chi connectivity index (χ4v) is 4.56. The third kappa shape index (κ3) is 4.94. The van der Waals surface area contributed by atoms with E-state index in [9.17, 15) is 14.0 Å². The van der Waals surface area contributed by atoms with Gasteiger partial charge >= 0.3 is 6.09 Å². The summed E-state index contributed by atoms with van der Waals surface area (Å²) in [5.41, 5.74) is 3.47. The highest BCUT2D eigenvalue weighted by Gasteiger charge is 2.25. The Labute approximate surface area is 213 Å². The molecule has 0 aliphatic carbocycles. The van der Waals surface area contributed by atoms with E-state index >= 15 is 0 Å². The Kier molecular flexibility index (Phi) is 6.01. The van der Waals surface area contributed by atoms with Crippen molar-refractivity contribution in [3.8, 4) is 0 Å². The van der Waals surface area contributed by atoms with Crippen LogP contribution >= 0.6 is 0 Å². The SMILES string of the molecule is Cc1cn2cc(NC(=O)c3ccc(C4=CCN(C(=O)OC(C)(C)C)CC4)c4cc(C)oc34)cc(F)c2n1. The predicted octanol–water partition coefficient (Wildman–Crippen LogP) is 6.11. The molecule has 1 aliphatic heterocycles. The van der Waals surface area contributed by atoms with E-state index in [1.807, 2.05) is 45.9 Å². The minimum atomic E-state index is -0.548. The van der Waals surface area contributed by atoms with Crippen LogP contribution in [-0.4, -0.2) is 45.0 Å². The van der Waals surface area contributed by atoms with Crippen LogP contribution in [0, 0.1) is 19.7 Å². The number of fused-ring (bicyclic) bond motifs is 2.